The third-order valence-electron chi connectivity index (χ3n) is 1.12. The van der Waals surface area contributed by atoms with Crippen molar-refractivity contribution in [1.29, 1.82) is 0 Å². The van der Waals surface area contributed by atoms with Crippen LogP contribution < -0.4 is 5.11 Å². The quantitative estimate of drug-likeness (QED) is 0.619. The molecule has 70 valence electrons. The standard InChI is InChI=1S/C6H3F3N2O2/c7-6(8,9)5-10-2-1-3(11-5)4(12)13/h1-2H,(H,12,13)/p-1. The zero-order valence-corrected chi connectivity index (χ0v) is 6.00. The summed E-state index contributed by atoms with van der Waals surface area (Å²) in [5.41, 5.74) is -0.790. The summed E-state index contributed by atoms with van der Waals surface area (Å²) in [5, 5.41) is 10.1. The fourth-order valence-corrected chi connectivity index (χ4v) is 0.609. The molecule has 1 aromatic heterocycles. The number of aromatic nitrogens is 2. The molecule has 0 atom stereocenters. The molecule has 0 spiro atoms. The van der Waals surface area contributed by atoms with Gasteiger partial charge in [-0.05, 0) is 6.07 Å². The summed E-state index contributed by atoms with van der Waals surface area (Å²) in [7, 11) is 0. The Balaban J connectivity index is 3.13. The van der Waals surface area contributed by atoms with E-state index in [2.05, 4.69) is 9.97 Å². The summed E-state index contributed by atoms with van der Waals surface area (Å²) >= 11 is 0. The molecule has 0 radical (unpaired) electrons. The highest BCUT2D eigenvalue weighted by Crippen LogP contribution is 2.25. The molecule has 0 bridgehead atoms. The van der Waals surface area contributed by atoms with E-state index in [0.717, 1.165) is 6.07 Å². The van der Waals surface area contributed by atoms with Crippen LogP contribution in [0.5, 0.6) is 0 Å². The van der Waals surface area contributed by atoms with E-state index in [1.807, 2.05) is 0 Å². The van der Waals surface area contributed by atoms with Gasteiger partial charge in [0.1, 0.15) is 0 Å². The Bertz CT molecular complexity index is 337. The number of carboxylic acid groups (broad SMARTS) is 1. The molecule has 0 amide bonds. The van der Waals surface area contributed by atoms with Gasteiger partial charge >= 0.3 is 6.18 Å². The summed E-state index contributed by atoms with van der Waals surface area (Å²) in [5.74, 6) is -3.26. The minimum Gasteiger partial charge on any atom is -0.543 e. The molecular formula is C6H2F3N2O2-. The van der Waals surface area contributed by atoms with Gasteiger partial charge in [0.15, 0.2) is 0 Å². The van der Waals surface area contributed by atoms with Crippen molar-refractivity contribution < 1.29 is 23.1 Å². The van der Waals surface area contributed by atoms with Crippen molar-refractivity contribution in [3.05, 3.63) is 23.8 Å². The van der Waals surface area contributed by atoms with Gasteiger partial charge in [0, 0.05) is 6.20 Å². The van der Waals surface area contributed by atoms with Gasteiger partial charge in [-0.25, -0.2) is 9.97 Å². The van der Waals surface area contributed by atoms with Crippen molar-refractivity contribution in [1.82, 2.24) is 9.97 Å². The average Bonchev–Trinajstić information content (AvgIpc) is 2.03. The van der Waals surface area contributed by atoms with Gasteiger partial charge in [0.25, 0.3) is 0 Å². The van der Waals surface area contributed by atoms with Crippen molar-refractivity contribution in [2.24, 2.45) is 0 Å². The van der Waals surface area contributed by atoms with Gasteiger partial charge in [-0.1, -0.05) is 0 Å². The summed E-state index contributed by atoms with van der Waals surface area (Å²) < 4.78 is 35.7. The molecule has 1 rings (SSSR count). The molecule has 0 aliphatic carbocycles. The van der Waals surface area contributed by atoms with Crippen LogP contribution in [0.4, 0.5) is 13.2 Å². The monoisotopic (exact) mass is 191 g/mol. The molecule has 7 heteroatoms. The predicted molar refractivity (Wildman–Crippen MR) is 31.4 cm³/mol. The SMILES string of the molecule is O=C([O-])c1ccnc(C(F)(F)F)n1. The molecule has 13 heavy (non-hydrogen) atoms. The van der Waals surface area contributed by atoms with Crippen molar-refractivity contribution in [2.75, 3.05) is 0 Å². The Hall–Kier alpha value is -1.66. The molecule has 1 heterocycles. The highest BCUT2D eigenvalue weighted by atomic mass is 19.4. The van der Waals surface area contributed by atoms with Crippen LogP contribution in [0, 0.1) is 0 Å². The van der Waals surface area contributed by atoms with Crippen molar-refractivity contribution in [3.63, 3.8) is 0 Å². The number of nitrogens with zero attached hydrogens (tertiary/aromatic N) is 2. The lowest BCUT2D eigenvalue weighted by Crippen LogP contribution is -2.25. The maximum Gasteiger partial charge on any atom is 0.451 e. The van der Waals surface area contributed by atoms with E-state index in [9.17, 15) is 23.1 Å². The van der Waals surface area contributed by atoms with Gasteiger partial charge in [0.2, 0.25) is 5.82 Å². The number of carboxylic acids is 1. The highest BCUT2D eigenvalue weighted by molar-refractivity contribution is 5.83. The van der Waals surface area contributed by atoms with Crippen LogP contribution in [0.15, 0.2) is 12.3 Å². The van der Waals surface area contributed by atoms with E-state index >= 15 is 0 Å². The topological polar surface area (TPSA) is 65.9 Å². The summed E-state index contributed by atoms with van der Waals surface area (Å²) in [4.78, 5) is 15.7. The number of alkyl halides is 3. The van der Waals surface area contributed by atoms with Crippen LogP contribution in [0.1, 0.15) is 16.3 Å². The first-order valence-corrected chi connectivity index (χ1v) is 3.03. The number of carbonyl (C=O) groups is 1. The van der Waals surface area contributed by atoms with Crippen molar-refractivity contribution in [2.45, 2.75) is 6.18 Å². The Kier molecular flexibility index (Phi) is 2.18. The molecule has 0 aliphatic rings. The number of halogens is 3. The lowest BCUT2D eigenvalue weighted by molar-refractivity contribution is -0.255. The van der Waals surface area contributed by atoms with Crippen molar-refractivity contribution in [3.8, 4) is 0 Å². The van der Waals surface area contributed by atoms with E-state index in [0.29, 0.717) is 6.20 Å². The number of hydrogen-bond donors (Lipinski definition) is 0. The second-order valence-electron chi connectivity index (χ2n) is 2.05. The van der Waals surface area contributed by atoms with Crippen LogP contribution >= 0.6 is 0 Å². The Labute approximate surface area is 70.1 Å². The van der Waals surface area contributed by atoms with Crippen LogP contribution in [0.2, 0.25) is 0 Å². The minimum absolute atomic E-state index is 0.709. The Morgan fingerprint density at radius 3 is 2.54 bits per heavy atom. The van der Waals surface area contributed by atoms with E-state index in [4.69, 9.17) is 0 Å². The van der Waals surface area contributed by atoms with E-state index in [-0.39, 0.29) is 0 Å². The maximum atomic E-state index is 11.9. The largest absolute Gasteiger partial charge is 0.543 e. The summed E-state index contributed by atoms with van der Waals surface area (Å²) in [6.45, 7) is 0. The van der Waals surface area contributed by atoms with Crippen LogP contribution in [-0.2, 0) is 6.18 Å². The molecule has 0 saturated carbocycles. The molecule has 0 aliphatic heterocycles. The second-order valence-corrected chi connectivity index (χ2v) is 2.05. The number of rotatable bonds is 1. The smallest absolute Gasteiger partial charge is 0.451 e. The first-order valence-electron chi connectivity index (χ1n) is 3.03. The number of hydrogen-bond acceptors (Lipinski definition) is 4. The van der Waals surface area contributed by atoms with Gasteiger partial charge in [0.05, 0.1) is 11.7 Å². The van der Waals surface area contributed by atoms with E-state index in [1.54, 1.807) is 0 Å². The lowest BCUT2D eigenvalue weighted by atomic mass is 10.4. The third kappa shape index (κ3) is 2.14. The fraction of sp³-hybridized carbons (Fsp3) is 0.167. The van der Waals surface area contributed by atoms with Gasteiger partial charge in [-0.2, -0.15) is 13.2 Å². The molecule has 0 unspecified atom stereocenters. The van der Waals surface area contributed by atoms with Crippen LogP contribution in [0.25, 0.3) is 0 Å². The molecule has 0 N–H and O–H groups in total. The summed E-state index contributed by atoms with van der Waals surface area (Å²) in [6.07, 6.45) is -4.04. The van der Waals surface area contributed by atoms with Gasteiger partial charge in [-0.15, -0.1) is 0 Å². The van der Waals surface area contributed by atoms with Crippen molar-refractivity contribution >= 4 is 5.97 Å². The average molecular weight is 191 g/mol. The summed E-state index contributed by atoms with van der Waals surface area (Å²) in [6, 6.07) is 0.824. The zero-order valence-electron chi connectivity index (χ0n) is 6.00. The normalized spacial score (nSPS) is 11.3. The number of carbonyl (C=O) groups excluding carboxylic acids is 1. The zero-order chi connectivity index (χ0) is 10.1. The number of aromatic carboxylic acids is 1. The molecule has 4 nitrogen and oxygen atoms in total. The van der Waals surface area contributed by atoms with Gasteiger partial charge < -0.3 is 9.90 Å². The second kappa shape index (κ2) is 3.00. The minimum atomic E-state index is -4.74. The molecule has 0 aromatic carbocycles. The first kappa shape index (κ1) is 9.43. The molecular weight excluding hydrogens is 189 g/mol. The van der Waals surface area contributed by atoms with E-state index in [1.165, 1.54) is 0 Å². The maximum absolute atomic E-state index is 11.9. The van der Waals surface area contributed by atoms with Gasteiger partial charge in [-0.3, -0.25) is 0 Å². The first-order chi connectivity index (χ1) is 5.91. The van der Waals surface area contributed by atoms with Crippen LogP contribution in [-0.4, -0.2) is 15.9 Å². The third-order valence-corrected chi connectivity index (χ3v) is 1.12. The van der Waals surface area contributed by atoms with Crippen LogP contribution in [0.3, 0.4) is 0 Å². The molecule has 0 fully saturated rings. The Morgan fingerprint density at radius 2 is 2.08 bits per heavy atom. The van der Waals surface area contributed by atoms with E-state index < -0.39 is 23.7 Å². The molecule has 1 aromatic rings. The Morgan fingerprint density at radius 1 is 1.46 bits per heavy atom. The lowest BCUT2D eigenvalue weighted by Gasteiger charge is -2.06. The highest BCUT2D eigenvalue weighted by Gasteiger charge is 2.34. The predicted octanol–water partition coefficient (Wildman–Crippen LogP) is -0.141. The fourth-order valence-electron chi connectivity index (χ4n) is 0.609. The molecule has 0 saturated heterocycles.